The number of nitrogens with zero attached hydrogens (tertiary/aromatic N) is 1. The highest BCUT2D eigenvalue weighted by Crippen LogP contribution is 2.18. The van der Waals surface area contributed by atoms with E-state index in [0.717, 1.165) is 22.5 Å². The molecule has 2 rings (SSSR count). The van der Waals surface area contributed by atoms with E-state index in [1.165, 1.54) is 0 Å². The lowest BCUT2D eigenvalue weighted by Gasteiger charge is -2.27. The van der Waals surface area contributed by atoms with Crippen LogP contribution in [0.25, 0.3) is 0 Å². The first-order chi connectivity index (χ1) is 5.86. The van der Waals surface area contributed by atoms with Crippen molar-refractivity contribution in [2.75, 3.05) is 13.1 Å². The second kappa shape index (κ2) is 3.57. The van der Waals surface area contributed by atoms with Crippen molar-refractivity contribution in [3.63, 3.8) is 0 Å². The lowest BCUT2D eigenvalue weighted by atomic mass is 10.2. The molecule has 0 atom stereocenters. The molecule has 64 valence electrons. The second-order valence-corrected chi connectivity index (χ2v) is 3.85. The molecule has 1 N–H and O–H groups in total. The molecular weight excluding hydrogens is 267 g/mol. The van der Waals surface area contributed by atoms with Gasteiger partial charge in [0.15, 0.2) is 0 Å². The predicted molar refractivity (Wildman–Crippen MR) is 54.2 cm³/mol. The lowest BCUT2D eigenvalue weighted by Crippen LogP contribution is -2.50. The van der Waals surface area contributed by atoms with Gasteiger partial charge in [-0.15, -0.1) is 0 Å². The standard InChI is InChI=1S/C8H9IN2O/c9-7-2-1-3-11-8(7)12-6-4-10-5-6/h1-3,6,10H,4-5H2. The van der Waals surface area contributed by atoms with Gasteiger partial charge in [-0.3, -0.25) is 0 Å². The SMILES string of the molecule is Ic1cccnc1OC1CNC1. The molecule has 1 saturated heterocycles. The van der Waals surface area contributed by atoms with Gasteiger partial charge in [-0.2, -0.15) is 0 Å². The van der Waals surface area contributed by atoms with Crippen LogP contribution in [0.3, 0.4) is 0 Å². The minimum atomic E-state index is 0.313. The van der Waals surface area contributed by atoms with E-state index in [4.69, 9.17) is 4.74 Å². The van der Waals surface area contributed by atoms with Gasteiger partial charge in [0.1, 0.15) is 6.10 Å². The van der Waals surface area contributed by atoms with Crippen molar-refractivity contribution in [3.05, 3.63) is 21.9 Å². The van der Waals surface area contributed by atoms with Crippen LogP contribution in [-0.4, -0.2) is 24.2 Å². The molecule has 1 fully saturated rings. The molecule has 2 heterocycles. The quantitative estimate of drug-likeness (QED) is 0.819. The summed E-state index contributed by atoms with van der Waals surface area (Å²) in [5.41, 5.74) is 0. The van der Waals surface area contributed by atoms with Crippen LogP contribution in [0.15, 0.2) is 18.3 Å². The van der Waals surface area contributed by atoms with Crippen LogP contribution in [0.5, 0.6) is 5.88 Å². The van der Waals surface area contributed by atoms with Crippen LogP contribution in [0, 0.1) is 3.57 Å². The largest absolute Gasteiger partial charge is 0.471 e. The van der Waals surface area contributed by atoms with Crippen LogP contribution in [-0.2, 0) is 0 Å². The average Bonchev–Trinajstić information content (AvgIpc) is 2.00. The zero-order valence-corrected chi connectivity index (χ0v) is 8.61. The highest BCUT2D eigenvalue weighted by atomic mass is 127. The fraction of sp³-hybridized carbons (Fsp3) is 0.375. The molecule has 4 heteroatoms. The number of hydrogen-bond donors (Lipinski definition) is 1. The number of rotatable bonds is 2. The fourth-order valence-corrected chi connectivity index (χ4v) is 1.44. The summed E-state index contributed by atoms with van der Waals surface area (Å²) in [7, 11) is 0. The highest BCUT2D eigenvalue weighted by Gasteiger charge is 2.19. The third-order valence-electron chi connectivity index (χ3n) is 1.75. The summed E-state index contributed by atoms with van der Waals surface area (Å²) in [5, 5.41) is 3.15. The maximum absolute atomic E-state index is 5.60. The summed E-state index contributed by atoms with van der Waals surface area (Å²) < 4.78 is 6.67. The number of ether oxygens (including phenoxy) is 1. The van der Waals surface area contributed by atoms with Gasteiger partial charge in [0.25, 0.3) is 0 Å². The third-order valence-corrected chi connectivity index (χ3v) is 2.57. The first-order valence-corrected chi connectivity index (χ1v) is 4.92. The molecule has 0 aromatic carbocycles. The Kier molecular flexibility index (Phi) is 2.45. The van der Waals surface area contributed by atoms with Crippen molar-refractivity contribution in [2.24, 2.45) is 0 Å². The lowest BCUT2D eigenvalue weighted by molar-refractivity contribution is 0.135. The number of pyridine rings is 1. The molecule has 0 amide bonds. The van der Waals surface area contributed by atoms with Crippen LogP contribution in [0.2, 0.25) is 0 Å². The van der Waals surface area contributed by atoms with Gasteiger partial charge in [-0.1, -0.05) is 0 Å². The van der Waals surface area contributed by atoms with E-state index in [0.29, 0.717) is 6.10 Å². The molecule has 1 aliphatic rings. The van der Waals surface area contributed by atoms with Gasteiger partial charge in [-0.05, 0) is 34.7 Å². The average molecular weight is 276 g/mol. The minimum absolute atomic E-state index is 0.313. The second-order valence-electron chi connectivity index (χ2n) is 2.69. The van der Waals surface area contributed by atoms with E-state index in [-0.39, 0.29) is 0 Å². The zero-order chi connectivity index (χ0) is 8.39. The first kappa shape index (κ1) is 8.25. The summed E-state index contributed by atoms with van der Waals surface area (Å²) in [6.07, 6.45) is 2.07. The fourth-order valence-electron chi connectivity index (χ4n) is 0.961. The van der Waals surface area contributed by atoms with Crippen LogP contribution in [0.4, 0.5) is 0 Å². The monoisotopic (exact) mass is 276 g/mol. The Morgan fingerprint density at radius 2 is 2.42 bits per heavy atom. The van der Waals surface area contributed by atoms with Gasteiger partial charge in [0.05, 0.1) is 3.57 Å². The molecule has 3 nitrogen and oxygen atoms in total. The van der Waals surface area contributed by atoms with Crippen LogP contribution < -0.4 is 10.1 Å². The maximum Gasteiger partial charge on any atom is 0.227 e. The van der Waals surface area contributed by atoms with Crippen molar-refractivity contribution in [1.82, 2.24) is 10.3 Å². The van der Waals surface area contributed by atoms with Crippen molar-refractivity contribution >= 4 is 22.6 Å². The Labute approximate surface area is 84.7 Å². The maximum atomic E-state index is 5.60. The molecule has 1 aliphatic heterocycles. The Morgan fingerprint density at radius 1 is 1.58 bits per heavy atom. The van der Waals surface area contributed by atoms with E-state index < -0.39 is 0 Å². The smallest absolute Gasteiger partial charge is 0.227 e. The van der Waals surface area contributed by atoms with Crippen LogP contribution >= 0.6 is 22.6 Å². The van der Waals surface area contributed by atoms with Gasteiger partial charge in [0.2, 0.25) is 5.88 Å². The highest BCUT2D eigenvalue weighted by molar-refractivity contribution is 14.1. The molecule has 0 saturated carbocycles. The minimum Gasteiger partial charge on any atom is -0.471 e. The van der Waals surface area contributed by atoms with E-state index in [1.54, 1.807) is 6.20 Å². The summed E-state index contributed by atoms with van der Waals surface area (Å²) in [6, 6.07) is 3.91. The number of nitrogens with one attached hydrogen (secondary N) is 1. The molecule has 0 bridgehead atoms. The number of aromatic nitrogens is 1. The summed E-state index contributed by atoms with van der Waals surface area (Å²) >= 11 is 2.23. The molecule has 12 heavy (non-hydrogen) atoms. The molecule has 1 aromatic rings. The predicted octanol–water partition coefficient (Wildman–Crippen LogP) is 1.04. The Balaban J connectivity index is 2.06. The van der Waals surface area contributed by atoms with Crippen LogP contribution in [0.1, 0.15) is 0 Å². The molecule has 1 aromatic heterocycles. The zero-order valence-electron chi connectivity index (χ0n) is 6.46. The Bertz CT molecular complexity index is 276. The van der Waals surface area contributed by atoms with Crippen molar-refractivity contribution in [1.29, 1.82) is 0 Å². The summed E-state index contributed by atoms with van der Waals surface area (Å²) in [5.74, 6) is 0.754. The van der Waals surface area contributed by atoms with Gasteiger partial charge < -0.3 is 10.1 Å². The summed E-state index contributed by atoms with van der Waals surface area (Å²) in [6.45, 7) is 1.87. The summed E-state index contributed by atoms with van der Waals surface area (Å²) in [4.78, 5) is 4.14. The molecule has 0 spiro atoms. The Morgan fingerprint density at radius 3 is 3.00 bits per heavy atom. The number of hydrogen-bond acceptors (Lipinski definition) is 3. The van der Waals surface area contributed by atoms with E-state index in [9.17, 15) is 0 Å². The van der Waals surface area contributed by atoms with E-state index >= 15 is 0 Å². The first-order valence-electron chi connectivity index (χ1n) is 3.84. The Hall–Kier alpha value is -0.360. The van der Waals surface area contributed by atoms with E-state index in [2.05, 4.69) is 32.9 Å². The van der Waals surface area contributed by atoms with Crippen molar-refractivity contribution < 1.29 is 4.74 Å². The topological polar surface area (TPSA) is 34.1 Å². The van der Waals surface area contributed by atoms with Gasteiger partial charge >= 0.3 is 0 Å². The molecule has 0 aliphatic carbocycles. The van der Waals surface area contributed by atoms with Crippen molar-refractivity contribution in [3.8, 4) is 5.88 Å². The molecule has 0 unspecified atom stereocenters. The van der Waals surface area contributed by atoms with Gasteiger partial charge in [0, 0.05) is 19.3 Å². The number of halogens is 1. The molecular formula is C8H9IN2O. The molecule has 0 radical (unpaired) electrons. The normalized spacial score (nSPS) is 17.1. The van der Waals surface area contributed by atoms with Crippen molar-refractivity contribution in [2.45, 2.75) is 6.10 Å². The third kappa shape index (κ3) is 1.69. The van der Waals surface area contributed by atoms with E-state index in [1.807, 2.05) is 12.1 Å². The van der Waals surface area contributed by atoms with Gasteiger partial charge in [-0.25, -0.2) is 4.98 Å².